The van der Waals surface area contributed by atoms with Gasteiger partial charge in [0.2, 0.25) is 0 Å². The molecule has 0 aromatic heterocycles. The maximum absolute atomic E-state index is 12.6. The van der Waals surface area contributed by atoms with E-state index in [9.17, 15) is 15.1 Å². The molecule has 0 radical (unpaired) electrons. The van der Waals surface area contributed by atoms with Crippen LogP contribution < -0.4 is 0 Å². The molecule has 0 bridgehead atoms. The van der Waals surface area contributed by atoms with Crippen molar-refractivity contribution in [3.63, 3.8) is 0 Å². The van der Waals surface area contributed by atoms with Gasteiger partial charge in [-0.05, 0) is 61.7 Å². The van der Waals surface area contributed by atoms with E-state index in [1.54, 1.807) is 0 Å². The zero-order chi connectivity index (χ0) is 16.4. The van der Waals surface area contributed by atoms with E-state index < -0.39 is 0 Å². The van der Waals surface area contributed by atoms with Crippen LogP contribution in [0.25, 0.3) is 0 Å². The molecule has 0 saturated heterocycles. The van der Waals surface area contributed by atoms with Crippen LogP contribution in [0.3, 0.4) is 0 Å². The first-order chi connectivity index (χ1) is 10.9. The van der Waals surface area contributed by atoms with E-state index in [0.29, 0.717) is 29.9 Å². The molecule has 0 aromatic carbocycles. The van der Waals surface area contributed by atoms with E-state index in [1.807, 2.05) is 0 Å². The maximum atomic E-state index is 12.6. The number of rotatable bonds is 0. The molecule has 3 fully saturated rings. The Morgan fingerprint density at radius 3 is 2.61 bits per heavy atom. The van der Waals surface area contributed by atoms with Crippen LogP contribution in [0.5, 0.6) is 0 Å². The van der Waals surface area contributed by atoms with Crippen molar-refractivity contribution >= 4 is 11.5 Å². The summed E-state index contributed by atoms with van der Waals surface area (Å²) in [4.78, 5) is 12.6. The Bertz CT molecular complexity index is 610. The molecule has 4 heteroatoms. The molecule has 0 spiro atoms. The van der Waals surface area contributed by atoms with E-state index in [4.69, 9.17) is 0 Å². The van der Waals surface area contributed by atoms with Crippen molar-refractivity contribution in [2.75, 3.05) is 0 Å². The number of aliphatic hydroxyl groups excluding tert-OH is 1. The van der Waals surface area contributed by atoms with E-state index in [2.05, 4.69) is 25.1 Å². The molecule has 6 atom stereocenters. The summed E-state index contributed by atoms with van der Waals surface area (Å²) < 4.78 is 0. The van der Waals surface area contributed by atoms with Gasteiger partial charge in [-0.2, -0.15) is 0 Å². The van der Waals surface area contributed by atoms with Gasteiger partial charge < -0.3 is 10.3 Å². The predicted molar refractivity (Wildman–Crippen MR) is 87.3 cm³/mol. The molecule has 3 saturated carbocycles. The lowest BCUT2D eigenvalue weighted by Crippen LogP contribution is -2.50. The van der Waals surface area contributed by atoms with Gasteiger partial charge in [-0.3, -0.25) is 4.79 Å². The van der Waals surface area contributed by atoms with E-state index in [0.717, 1.165) is 38.5 Å². The van der Waals surface area contributed by atoms with Crippen LogP contribution in [-0.4, -0.2) is 27.9 Å². The monoisotopic (exact) mass is 317 g/mol. The zero-order valence-corrected chi connectivity index (χ0v) is 14.1. The Hall–Kier alpha value is -1.16. The van der Waals surface area contributed by atoms with Gasteiger partial charge in [0.05, 0.1) is 6.10 Å². The predicted octanol–water partition coefficient (Wildman–Crippen LogP) is 3.32. The third-order valence-corrected chi connectivity index (χ3v) is 7.78. The van der Waals surface area contributed by atoms with Gasteiger partial charge in [-0.15, -0.1) is 0 Å². The van der Waals surface area contributed by atoms with E-state index in [1.165, 1.54) is 5.57 Å². The van der Waals surface area contributed by atoms with Crippen LogP contribution in [0.2, 0.25) is 0 Å². The van der Waals surface area contributed by atoms with Crippen molar-refractivity contribution in [1.29, 1.82) is 0 Å². The average molecular weight is 317 g/mol. The molecule has 0 amide bonds. The van der Waals surface area contributed by atoms with Crippen LogP contribution >= 0.6 is 0 Å². The van der Waals surface area contributed by atoms with Crippen molar-refractivity contribution in [3.8, 4) is 0 Å². The number of nitrogens with zero attached hydrogens (tertiary/aromatic N) is 1. The van der Waals surface area contributed by atoms with E-state index in [-0.39, 0.29) is 22.7 Å². The Balaban J connectivity index is 1.71. The van der Waals surface area contributed by atoms with Crippen LogP contribution in [0.15, 0.2) is 16.8 Å². The van der Waals surface area contributed by atoms with Gasteiger partial charge in [0, 0.05) is 11.8 Å². The van der Waals surface area contributed by atoms with Crippen LogP contribution in [0.4, 0.5) is 0 Å². The fourth-order valence-corrected chi connectivity index (χ4v) is 6.34. The number of hydrogen-bond donors (Lipinski definition) is 2. The van der Waals surface area contributed by atoms with Gasteiger partial charge in [-0.25, -0.2) is 0 Å². The van der Waals surface area contributed by atoms with Crippen molar-refractivity contribution in [1.82, 2.24) is 0 Å². The zero-order valence-electron chi connectivity index (χ0n) is 14.1. The number of Topliss-reactive ketones (excluding diaryl/α,β-unsaturated/α-hetero) is 1. The number of aliphatic hydroxyl groups is 1. The first-order valence-corrected chi connectivity index (χ1v) is 9.03. The van der Waals surface area contributed by atoms with Crippen molar-refractivity contribution in [2.24, 2.45) is 33.7 Å². The van der Waals surface area contributed by atoms with E-state index >= 15 is 0 Å². The third-order valence-electron chi connectivity index (χ3n) is 7.78. The highest BCUT2D eigenvalue weighted by atomic mass is 16.4. The van der Waals surface area contributed by atoms with Gasteiger partial charge in [0.15, 0.2) is 5.78 Å². The lowest BCUT2D eigenvalue weighted by molar-refractivity contribution is -0.128. The SMILES string of the molecule is C[C@]12CC[C@@H](O)CC1=CC[C@H]1[C@H]2CC[C@]2(C)C(=O)/C(=N\O)C[C@H]12. The minimum absolute atomic E-state index is 0.0717. The molecule has 0 aliphatic heterocycles. The molecule has 0 heterocycles. The van der Waals surface area contributed by atoms with Crippen LogP contribution in [0.1, 0.15) is 58.8 Å². The number of allylic oxidation sites excluding steroid dienone is 1. The summed E-state index contributed by atoms with van der Waals surface area (Å²) in [7, 11) is 0. The molecule has 2 N–H and O–H groups in total. The molecule has 4 nitrogen and oxygen atoms in total. The highest BCUT2D eigenvalue weighted by Gasteiger charge is 2.60. The van der Waals surface area contributed by atoms with Crippen molar-refractivity contribution < 1.29 is 15.1 Å². The Kier molecular flexibility index (Phi) is 3.29. The van der Waals surface area contributed by atoms with Gasteiger partial charge in [0.25, 0.3) is 0 Å². The smallest absolute Gasteiger partial charge is 0.186 e. The van der Waals surface area contributed by atoms with Crippen LogP contribution in [0, 0.1) is 28.6 Å². The minimum Gasteiger partial charge on any atom is -0.411 e. The largest absolute Gasteiger partial charge is 0.411 e. The summed E-state index contributed by atoms with van der Waals surface area (Å²) in [6, 6.07) is 0. The highest BCUT2D eigenvalue weighted by Crippen LogP contribution is 2.63. The quantitative estimate of drug-likeness (QED) is 0.409. The van der Waals surface area contributed by atoms with Gasteiger partial charge >= 0.3 is 0 Å². The number of carbonyl (C=O) groups is 1. The molecule has 0 unspecified atom stereocenters. The number of fused-ring (bicyclic) bond motifs is 5. The molecule has 126 valence electrons. The third kappa shape index (κ3) is 1.93. The molecule has 4 aliphatic rings. The second-order valence-electron chi connectivity index (χ2n) is 8.69. The van der Waals surface area contributed by atoms with Gasteiger partial charge in [0.1, 0.15) is 5.71 Å². The number of hydrogen-bond acceptors (Lipinski definition) is 4. The summed E-state index contributed by atoms with van der Waals surface area (Å²) >= 11 is 0. The summed E-state index contributed by atoms with van der Waals surface area (Å²) in [5.41, 5.74) is 1.68. The number of ketones is 1. The topological polar surface area (TPSA) is 69.9 Å². The first-order valence-electron chi connectivity index (χ1n) is 9.03. The average Bonchev–Trinajstić information content (AvgIpc) is 2.79. The lowest BCUT2D eigenvalue weighted by atomic mass is 9.48. The first kappa shape index (κ1) is 15.4. The molecule has 23 heavy (non-hydrogen) atoms. The van der Waals surface area contributed by atoms with Crippen molar-refractivity contribution in [3.05, 3.63) is 11.6 Å². The summed E-state index contributed by atoms with van der Waals surface area (Å²) in [6.07, 6.45) is 8.57. The molecule has 4 rings (SSSR count). The summed E-state index contributed by atoms with van der Waals surface area (Å²) in [5, 5.41) is 22.5. The highest BCUT2D eigenvalue weighted by molar-refractivity contribution is 6.43. The molecule has 0 aromatic rings. The second-order valence-corrected chi connectivity index (χ2v) is 8.69. The fourth-order valence-electron chi connectivity index (χ4n) is 6.34. The summed E-state index contributed by atoms with van der Waals surface area (Å²) in [5.74, 6) is 1.48. The fraction of sp³-hybridized carbons (Fsp3) is 0.789. The maximum Gasteiger partial charge on any atom is 0.186 e. The Morgan fingerprint density at radius 2 is 1.87 bits per heavy atom. The normalized spacial score (nSPS) is 51.0. The Morgan fingerprint density at radius 1 is 1.13 bits per heavy atom. The molecule has 4 aliphatic carbocycles. The number of carbonyl (C=O) groups excluding carboxylic acids is 1. The van der Waals surface area contributed by atoms with Crippen molar-refractivity contribution in [2.45, 2.75) is 64.9 Å². The minimum atomic E-state index is -0.335. The number of oxime groups is 1. The van der Waals surface area contributed by atoms with Crippen LogP contribution in [-0.2, 0) is 4.79 Å². The molecular formula is C19H27NO3. The Labute approximate surface area is 137 Å². The summed E-state index contributed by atoms with van der Waals surface area (Å²) in [6.45, 7) is 4.46. The second kappa shape index (κ2) is 4.92. The standard InChI is InChI=1S/C19H27NO3/c1-18-7-5-12(21)9-11(18)3-4-13-14(18)6-8-19(2)15(13)10-16(20-23)17(19)22/h3,12-15,21,23H,4-10H2,1-2H3/b20-16-/t12-,13+,14-,15-,18+,19+/m1/s1. The lowest BCUT2D eigenvalue weighted by Gasteiger charge is -2.56. The molecular weight excluding hydrogens is 290 g/mol. The van der Waals surface area contributed by atoms with Gasteiger partial charge in [-0.1, -0.05) is 30.7 Å².